The van der Waals surface area contributed by atoms with Crippen LogP contribution in [0.15, 0.2) is 76.2 Å². The maximum atomic E-state index is 13.4. The van der Waals surface area contributed by atoms with Crippen LogP contribution in [0.4, 0.5) is 10.1 Å². The molecule has 0 unspecified atom stereocenters. The molecule has 31 heavy (non-hydrogen) atoms. The van der Waals surface area contributed by atoms with Gasteiger partial charge in [0.05, 0.1) is 34.3 Å². The summed E-state index contributed by atoms with van der Waals surface area (Å²) in [4.78, 5) is 28.0. The molecule has 2 amide bonds. The third-order valence-electron chi connectivity index (χ3n) is 4.58. The van der Waals surface area contributed by atoms with E-state index >= 15 is 0 Å². The van der Waals surface area contributed by atoms with Crippen LogP contribution in [-0.4, -0.2) is 17.9 Å². The summed E-state index contributed by atoms with van der Waals surface area (Å²) in [6.07, 6.45) is 1.58. The number of carbonyl (C=O) groups is 2. The molecule has 0 N–H and O–H groups in total. The molecule has 0 radical (unpaired) electrons. The first-order valence-corrected chi connectivity index (χ1v) is 10.7. The van der Waals surface area contributed by atoms with E-state index in [2.05, 4.69) is 0 Å². The van der Waals surface area contributed by atoms with Crippen molar-refractivity contribution in [2.24, 2.45) is 0 Å². The Kier molecular flexibility index (Phi) is 5.95. The van der Waals surface area contributed by atoms with Crippen LogP contribution in [-0.2, 0) is 15.3 Å². The van der Waals surface area contributed by atoms with E-state index in [0.717, 1.165) is 4.90 Å². The monoisotopic (exact) mass is 437 g/mol. The molecular formula is C24H20FNO4S. The molecule has 0 saturated carbocycles. The van der Waals surface area contributed by atoms with Gasteiger partial charge < -0.3 is 9.15 Å². The van der Waals surface area contributed by atoms with E-state index in [1.54, 1.807) is 36.6 Å². The molecule has 1 aliphatic heterocycles. The molecule has 0 atom stereocenters. The first-order chi connectivity index (χ1) is 14.9. The first-order valence-electron chi connectivity index (χ1n) is 9.75. The molecule has 2 heterocycles. The number of imide groups is 1. The van der Waals surface area contributed by atoms with Crippen molar-refractivity contribution in [2.75, 3.05) is 4.90 Å². The molecule has 0 fully saturated rings. The zero-order chi connectivity index (χ0) is 22.0. The number of halogens is 1. The molecule has 3 aromatic rings. The molecule has 4 rings (SSSR count). The molecule has 0 bridgehead atoms. The van der Waals surface area contributed by atoms with Crippen LogP contribution in [0.3, 0.4) is 0 Å². The summed E-state index contributed by atoms with van der Waals surface area (Å²) in [5.41, 5.74) is 1.24. The predicted octanol–water partition coefficient (Wildman–Crippen LogP) is 5.42. The van der Waals surface area contributed by atoms with Gasteiger partial charge in [0.2, 0.25) is 0 Å². The van der Waals surface area contributed by atoms with Crippen LogP contribution in [0.5, 0.6) is 5.75 Å². The highest BCUT2D eigenvalue weighted by atomic mass is 32.2. The average Bonchev–Trinajstić information content (AvgIpc) is 3.34. The number of thioether (sulfide) groups is 1. The van der Waals surface area contributed by atoms with Crippen molar-refractivity contribution >= 4 is 34.8 Å². The number of benzene rings is 2. The number of carbonyl (C=O) groups excluding carboxylic acids is 2. The number of nitrogens with zero attached hydrogens (tertiary/aromatic N) is 1. The van der Waals surface area contributed by atoms with Crippen LogP contribution in [0, 0.1) is 5.82 Å². The first kappa shape index (κ1) is 20.9. The van der Waals surface area contributed by atoms with E-state index in [-0.39, 0.29) is 6.10 Å². The SMILES string of the molecule is CC(C)Oc1ccc(C2=C(SCc3ccco3)C(=O)N(c3ccc(F)cc3)C2=O)cc1. The topological polar surface area (TPSA) is 59.8 Å². The van der Waals surface area contributed by atoms with E-state index in [1.165, 1.54) is 36.0 Å². The van der Waals surface area contributed by atoms with Gasteiger partial charge in [-0.1, -0.05) is 12.1 Å². The Hall–Kier alpha value is -3.32. The Balaban J connectivity index is 1.71. The Morgan fingerprint density at radius 2 is 1.71 bits per heavy atom. The fourth-order valence-corrected chi connectivity index (χ4v) is 4.25. The fraction of sp³-hybridized carbons (Fsp3) is 0.167. The van der Waals surface area contributed by atoms with Gasteiger partial charge in [-0.2, -0.15) is 0 Å². The maximum Gasteiger partial charge on any atom is 0.272 e. The average molecular weight is 437 g/mol. The van der Waals surface area contributed by atoms with Gasteiger partial charge in [-0.25, -0.2) is 9.29 Å². The minimum Gasteiger partial charge on any atom is -0.491 e. The van der Waals surface area contributed by atoms with Crippen LogP contribution >= 0.6 is 11.8 Å². The van der Waals surface area contributed by atoms with Crippen molar-refractivity contribution in [3.63, 3.8) is 0 Å². The predicted molar refractivity (Wildman–Crippen MR) is 118 cm³/mol. The summed E-state index contributed by atoms with van der Waals surface area (Å²) in [7, 11) is 0. The summed E-state index contributed by atoms with van der Waals surface area (Å²) in [6.45, 7) is 3.86. The van der Waals surface area contributed by atoms with Gasteiger partial charge in [0, 0.05) is 0 Å². The van der Waals surface area contributed by atoms with Crippen LogP contribution in [0.2, 0.25) is 0 Å². The molecular weight excluding hydrogens is 417 g/mol. The maximum absolute atomic E-state index is 13.4. The van der Waals surface area contributed by atoms with Gasteiger partial charge in [-0.15, -0.1) is 11.8 Å². The third kappa shape index (κ3) is 4.41. The molecule has 0 aliphatic carbocycles. The second kappa shape index (κ2) is 8.81. The number of ether oxygens (including phenoxy) is 1. The van der Waals surface area contributed by atoms with Crippen molar-refractivity contribution in [3.8, 4) is 5.75 Å². The highest BCUT2D eigenvalue weighted by molar-refractivity contribution is 8.03. The number of furan rings is 1. The molecule has 0 saturated heterocycles. The number of rotatable bonds is 7. The van der Waals surface area contributed by atoms with Crippen molar-refractivity contribution in [1.82, 2.24) is 0 Å². The van der Waals surface area contributed by atoms with Crippen molar-refractivity contribution in [1.29, 1.82) is 0 Å². The largest absolute Gasteiger partial charge is 0.491 e. The van der Waals surface area contributed by atoms with Crippen LogP contribution in [0.25, 0.3) is 5.57 Å². The second-order valence-electron chi connectivity index (χ2n) is 7.19. The zero-order valence-corrected chi connectivity index (χ0v) is 17.8. The lowest BCUT2D eigenvalue weighted by molar-refractivity contribution is -0.119. The molecule has 7 heteroatoms. The normalized spacial score (nSPS) is 14.1. The summed E-state index contributed by atoms with van der Waals surface area (Å²) >= 11 is 1.24. The van der Waals surface area contributed by atoms with Crippen molar-refractivity contribution in [3.05, 3.63) is 89.0 Å². The highest BCUT2D eigenvalue weighted by Gasteiger charge is 2.40. The van der Waals surface area contributed by atoms with Crippen molar-refractivity contribution < 1.29 is 23.1 Å². The Bertz CT molecular complexity index is 1120. The lowest BCUT2D eigenvalue weighted by Gasteiger charge is -2.15. The van der Waals surface area contributed by atoms with E-state index in [4.69, 9.17) is 9.15 Å². The molecule has 1 aromatic heterocycles. The summed E-state index contributed by atoms with van der Waals surface area (Å²) in [5.74, 6) is 0.441. The zero-order valence-electron chi connectivity index (χ0n) is 17.0. The Morgan fingerprint density at radius 1 is 1.00 bits per heavy atom. The van der Waals surface area contributed by atoms with Crippen LogP contribution in [0.1, 0.15) is 25.2 Å². The summed E-state index contributed by atoms with van der Waals surface area (Å²) < 4.78 is 24.4. The van der Waals surface area contributed by atoms with Gasteiger partial charge in [-0.05, 0) is 67.9 Å². The van der Waals surface area contributed by atoms with E-state index in [1.807, 2.05) is 19.9 Å². The minimum absolute atomic E-state index is 0.0214. The second-order valence-corrected chi connectivity index (χ2v) is 8.17. The standard InChI is InChI=1S/C24H20FNO4S/c1-15(2)30-19-11-5-16(6-12-19)21-22(31-14-20-4-3-13-29-20)24(28)26(23(21)27)18-9-7-17(25)8-10-18/h3-13,15H,14H2,1-2H3. The number of hydrogen-bond acceptors (Lipinski definition) is 5. The van der Waals surface area contributed by atoms with Gasteiger partial charge >= 0.3 is 0 Å². The van der Waals surface area contributed by atoms with Gasteiger partial charge in [0.1, 0.15) is 17.3 Å². The minimum atomic E-state index is -0.448. The fourth-order valence-electron chi connectivity index (χ4n) is 3.23. The summed E-state index contributed by atoms with van der Waals surface area (Å²) in [6, 6.07) is 15.9. The Morgan fingerprint density at radius 3 is 2.32 bits per heavy atom. The van der Waals surface area contributed by atoms with Gasteiger partial charge in [0.25, 0.3) is 11.8 Å². The van der Waals surface area contributed by atoms with E-state index < -0.39 is 17.6 Å². The number of amides is 2. The van der Waals surface area contributed by atoms with Crippen molar-refractivity contribution in [2.45, 2.75) is 25.7 Å². The highest BCUT2D eigenvalue weighted by Crippen LogP contribution is 2.40. The number of anilines is 1. The quantitative estimate of drug-likeness (QED) is 0.462. The molecule has 158 valence electrons. The third-order valence-corrected chi connectivity index (χ3v) is 5.68. The van der Waals surface area contributed by atoms with Crippen LogP contribution < -0.4 is 9.64 Å². The molecule has 5 nitrogen and oxygen atoms in total. The molecule has 1 aliphatic rings. The lowest BCUT2D eigenvalue weighted by atomic mass is 10.1. The molecule has 0 spiro atoms. The van der Waals surface area contributed by atoms with Gasteiger partial charge in [-0.3, -0.25) is 9.59 Å². The van der Waals surface area contributed by atoms with E-state index in [0.29, 0.717) is 39.0 Å². The van der Waals surface area contributed by atoms with E-state index in [9.17, 15) is 14.0 Å². The molecule has 2 aromatic carbocycles. The smallest absolute Gasteiger partial charge is 0.272 e. The number of hydrogen-bond donors (Lipinski definition) is 0. The Labute approximate surface area is 183 Å². The van der Waals surface area contributed by atoms with Gasteiger partial charge in [0.15, 0.2) is 0 Å². The summed E-state index contributed by atoms with van der Waals surface area (Å²) in [5, 5.41) is 0. The lowest BCUT2D eigenvalue weighted by Crippen LogP contribution is -2.31.